The predicted molar refractivity (Wildman–Crippen MR) is 77.3 cm³/mol. The Bertz CT molecular complexity index is 419. The van der Waals surface area contributed by atoms with Crippen molar-refractivity contribution < 1.29 is 17.9 Å². The van der Waals surface area contributed by atoms with E-state index in [1.165, 1.54) is 31.4 Å². The third-order valence-electron chi connectivity index (χ3n) is 4.16. The summed E-state index contributed by atoms with van der Waals surface area (Å²) in [6, 6.07) is 5.55. The molecule has 0 aliphatic heterocycles. The molecule has 21 heavy (non-hydrogen) atoms. The number of hydrogen-bond acceptors (Lipinski definition) is 1. The average molecular weight is 300 g/mol. The fourth-order valence-electron chi connectivity index (χ4n) is 2.70. The summed E-state index contributed by atoms with van der Waals surface area (Å²) >= 11 is 0. The summed E-state index contributed by atoms with van der Waals surface area (Å²) in [5, 5.41) is 0. The minimum absolute atomic E-state index is 0.291. The van der Waals surface area contributed by atoms with Gasteiger partial charge >= 0.3 is 6.18 Å². The molecule has 0 heterocycles. The van der Waals surface area contributed by atoms with Crippen molar-refractivity contribution in [3.63, 3.8) is 0 Å². The average Bonchev–Trinajstić information content (AvgIpc) is 2.40. The Hall–Kier alpha value is -1.03. The van der Waals surface area contributed by atoms with Gasteiger partial charge in [0, 0.05) is 6.61 Å². The maximum absolute atomic E-state index is 12.5. The molecule has 1 aliphatic rings. The van der Waals surface area contributed by atoms with Crippen molar-refractivity contribution in [3.05, 3.63) is 35.4 Å². The van der Waals surface area contributed by atoms with Gasteiger partial charge in [-0.1, -0.05) is 38.3 Å². The Morgan fingerprint density at radius 1 is 1.05 bits per heavy atom. The molecule has 0 N–H and O–H groups in total. The van der Waals surface area contributed by atoms with E-state index in [1.54, 1.807) is 12.1 Å². The van der Waals surface area contributed by atoms with E-state index in [2.05, 4.69) is 6.92 Å². The van der Waals surface area contributed by atoms with Crippen LogP contribution in [-0.2, 0) is 10.9 Å². The van der Waals surface area contributed by atoms with E-state index >= 15 is 0 Å². The molecule has 0 atom stereocenters. The summed E-state index contributed by atoms with van der Waals surface area (Å²) in [5.41, 5.74) is 0.420. The van der Waals surface area contributed by atoms with Crippen LogP contribution in [0.3, 0.4) is 0 Å². The Labute approximate surface area is 124 Å². The van der Waals surface area contributed by atoms with Crippen molar-refractivity contribution in [3.8, 4) is 0 Å². The van der Waals surface area contributed by atoms with E-state index in [0.29, 0.717) is 12.0 Å². The molecule has 0 bridgehead atoms. The fraction of sp³-hybridized carbons (Fsp3) is 0.647. The molecular weight excluding hydrogens is 277 g/mol. The molecule has 0 aromatic heterocycles. The number of hydrogen-bond donors (Lipinski definition) is 0. The summed E-state index contributed by atoms with van der Waals surface area (Å²) < 4.78 is 43.2. The van der Waals surface area contributed by atoms with Gasteiger partial charge in [0.05, 0.1) is 11.7 Å². The summed E-state index contributed by atoms with van der Waals surface area (Å²) in [4.78, 5) is 0. The molecule has 0 saturated heterocycles. The molecule has 2 rings (SSSR count). The number of rotatable bonds is 7. The predicted octanol–water partition coefficient (Wildman–Crippen LogP) is 5.55. The van der Waals surface area contributed by atoms with Gasteiger partial charge in [0.2, 0.25) is 0 Å². The van der Waals surface area contributed by atoms with Crippen LogP contribution in [0.2, 0.25) is 0 Å². The molecule has 118 valence electrons. The molecule has 0 spiro atoms. The second kappa shape index (κ2) is 7.30. The second-order valence-electron chi connectivity index (χ2n) is 5.84. The van der Waals surface area contributed by atoms with Gasteiger partial charge in [0.1, 0.15) is 0 Å². The minimum Gasteiger partial charge on any atom is -0.378 e. The zero-order valence-electron chi connectivity index (χ0n) is 12.5. The maximum Gasteiger partial charge on any atom is 0.416 e. The quantitative estimate of drug-likeness (QED) is 0.600. The first kappa shape index (κ1) is 16.3. The molecule has 0 unspecified atom stereocenters. The van der Waals surface area contributed by atoms with Gasteiger partial charge in [-0.15, -0.1) is 0 Å². The van der Waals surface area contributed by atoms with Crippen LogP contribution in [0.5, 0.6) is 0 Å². The van der Waals surface area contributed by atoms with Gasteiger partial charge in [-0.05, 0) is 42.9 Å². The van der Waals surface area contributed by atoms with Gasteiger partial charge in [0.25, 0.3) is 0 Å². The monoisotopic (exact) mass is 300 g/mol. The highest BCUT2D eigenvalue weighted by Crippen LogP contribution is 2.39. The van der Waals surface area contributed by atoms with Gasteiger partial charge in [-0.25, -0.2) is 0 Å². The number of halogens is 3. The van der Waals surface area contributed by atoms with Crippen LogP contribution in [-0.4, -0.2) is 12.7 Å². The molecular formula is C17H23F3O. The number of unbranched alkanes of at least 4 members (excludes halogenated alkanes) is 3. The molecule has 0 amide bonds. The largest absolute Gasteiger partial charge is 0.416 e. The minimum atomic E-state index is -4.25. The molecule has 1 aromatic rings. The first-order chi connectivity index (χ1) is 10.0. The van der Waals surface area contributed by atoms with Crippen molar-refractivity contribution in [2.24, 2.45) is 0 Å². The zero-order chi connectivity index (χ0) is 15.3. The Morgan fingerprint density at radius 3 is 2.29 bits per heavy atom. The molecule has 1 saturated carbocycles. The molecule has 1 fully saturated rings. The number of alkyl halides is 3. The molecule has 1 aliphatic carbocycles. The standard InChI is InChI=1S/C17H23F3O/c1-2-3-4-5-10-21-16-11-14(12-16)13-6-8-15(9-7-13)17(18,19)20/h6-9,14,16H,2-5,10-12H2,1H3. The lowest BCUT2D eigenvalue weighted by molar-refractivity contribution is -0.137. The summed E-state index contributed by atoms with van der Waals surface area (Å²) in [5.74, 6) is 0.355. The number of benzene rings is 1. The van der Waals surface area contributed by atoms with Crippen LogP contribution in [0, 0.1) is 0 Å². The first-order valence-corrected chi connectivity index (χ1v) is 7.79. The molecule has 1 nitrogen and oxygen atoms in total. The van der Waals surface area contributed by atoms with Gasteiger partial charge in [-0.2, -0.15) is 13.2 Å². The SMILES string of the molecule is CCCCCCOC1CC(c2ccc(C(F)(F)F)cc2)C1. The van der Waals surface area contributed by atoms with Crippen molar-refractivity contribution in [2.75, 3.05) is 6.61 Å². The van der Waals surface area contributed by atoms with Gasteiger partial charge in [0.15, 0.2) is 0 Å². The zero-order valence-corrected chi connectivity index (χ0v) is 12.5. The summed E-state index contributed by atoms with van der Waals surface area (Å²) in [7, 11) is 0. The first-order valence-electron chi connectivity index (χ1n) is 7.79. The molecule has 4 heteroatoms. The maximum atomic E-state index is 12.5. The lowest BCUT2D eigenvalue weighted by Gasteiger charge is -2.35. The second-order valence-corrected chi connectivity index (χ2v) is 5.84. The third-order valence-corrected chi connectivity index (χ3v) is 4.16. The van der Waals surface area contributed by atoms with Gasteiger partial charge < -0.3 is 4.74 Å². The van der Waals surface area contributed by atoms with Crippen molar-refractivity contribution in [1.29, 1.82) is 0 Å². The van der Waals surface area contributed by atoms with Crippen LogP contribution in [0.1, 0.15) is 62.5 Å². The lowest BCUT2D eigenvalue weighted by atomic mass is 9.77. The van der Waals surface area contributed by atoms with Gasteiger partial charge in [-0.3, -0.25) is 0 Å². The van der Waals surface area contributed by atoms with Crippen LogP contribution in [0.15, 0.2) is 24.3 Å². The van der Waals surface area contributed by atoms with Crippen LogP contribution in [0.25, 0.3) is 0 Å². The smallest absolute Gasteiger partial charge is 0.378 e. The van der Waals surface area contributed by atoms with E-state index in [9.17, 15) is 13.2 Å². The van der Waals surface area contributed by atoms with Crippen LogP contribution in [0.4, 0.5) is 13.2 Å². The highest BCUT2D eigenvalue weighted by Gasteiger charge is 2.33. The van der Waals surface area contributed by atoms with E-state index in [1.807, 2.05) is 0 Å². The molecule has 0 radical (unpaired) electrons. The van der Waals surface area contributed by atoms with E-state index in [0.717, 1.165) is 31.4 Å². The van der Waals surface area contributed by atoms with E-state index in [4.69, 9.17) is 4.74 Å². The highest BCUT2D eigenvalue weighted by atomic mass is 19.4. The normalized spacial score (nSPS) is 22.1. The lowest BCUT2D eigenvalue weighted by Crippen LogP contribution is -2.30. The number of ether oxygens (including phenoxy) is 1. The Kier molecular flexibility index (Phi) is 5.68. The Morgan fingerprint density at radius 2 is 1.71 bits per heavy atom. The van der Waals surface area contributed by atoms with Crippen molar-refractivity contribution >= 4 is 0 Å². The summed E-state index contributed by atoms with van der Waals surface area (Å²) in [6.07, 6.45) is 2.70. The highest BCUT2D eigenvalue weighted by molar-refractivity contribution is 5.28. The fourth-order valence-corrected chi connectivity index (χ4v) is 2.70. The van der Waals surface area contributed by atoms with E-state index < -0.39 is 11.7 Å². The topological polar surface area (TPSA) is 9.23 Å². The Balaban J connectivity index is 1.69. The van der Waals surface area contributed by atoms with Crippen LogP contribution >= 0.6 is 0 Å². The van der Waals surface area contributed by atoms with Crippen LogP contribution < -0.4 is 0 Å². The molecule has 1 aromatic carbocycles. The third kappa shape index (κ3) is 4.73. The van der Waals surface area contributed by atoms with Crippen molar-refractivity contribution in [1.82, 2.24) is 0 Å². The summed E-state index contributed by atoms with van der Waals surface area (Å²) in [6.45, 7) is 2.99. The van der Waals surface area contributed by atoms with Crippen molar-refractivity contribution in [2.45, 2.75) is 63.6 Å². The van der Waals surface area contributed by atoms with E-state index in [-0.39, 0.29) is 0 Å².